The summed E-state index contributed by atoms with van der Waals surface area (Å²) in [6.07, 6.45) is 3.05. The van der Waals surface area contributed by atoms with Crippen LogP contribution in [0, 0.1) is 18.8 Å². The first-order chi connectivity index (χ1) is 17.5. The number of nitrogens with two attached hydrogens (primary N) is 1. The molecule has 0 aliphatic carbocycles. The van der Waals surface area contributed by atoms with Crippen molar-refractivity contribution in [2.75, 3.05) is 11.1 Å². The smallest absolute Gasteiger partial charge is 0.266 e. The van der Waals surface area contributed by atoms with E-state index in [-0.39, 0.29) is 11.4 Å². The van der Waals surface area contributed by atoms with Crippen LogP contribution in [0.3, 0.4) is 0 Å². The molecule has 8 heteroatoms. The van der Waals surface area contributed by atoms with Gasteiger partial charge in [-0.15, -0.1) is 0 Å². The van der Waals surface area contributed by atoms with Gasteiger partial charge in [0.25, 0.3) is 5.56 Å². The number of hydrogen-bond donors (Lipinski definition) is 2. The predicted octanol–water partition coefficient (Wildman–Crippen LogP) is 4.03. The molecule has 5 rings (SSSR count). The van der Waals surface area contributed by atoms with Crippen molar-refractivity contribution in [1.29, 1.82) is 0 Å². The number of benzene rings is 2. The van der Waals surface area contributed by atoms with Crippen LogP contribution in [-0.4, -0.2) is 24.5 Å². The third-order valence-electron chi connectivity index (χ3n) is 5.74. The van der Waals surface area contributed by atoms with Gasteiger partial charge < -0.3 is 11.1 Å². The third kappa shape index (κ3) is 4.38. The van der Waals surface area contributed by atoms with E-state index in [4.69, 9.17) is 10.7 Å². The molecule has 36 heavy (non-hydrogen) atoms. The van der Waals surface area contributed by atoms with Crippen molar-refractivity contribution in [3.63, 3.8) is 0 Å². The molecule has 0 bridgehead atoms. The molecule has 1 atom stereocenters. The SMILES string of the molecule is Cc1cccc2nc(C(C)Nc3ncnc(N)c3C#Cc3ccccn3)n(-c3ccccc3)c(=O)c12. The summed E-state index contributed by atoms with van der Waals surface area (Å²) in [6, 6.07) is 20.2. The molecule has 3 heterocycles. The second-order valence-electron chi connectivity index (χ2n) is 8.23. The van der Waals surface area contributed by atoms with Gasteiger partial charge in [-0.2, -0.15) is 0 Å². The average Bonchev–Trinajstić information content (AvgIpc) is 2.89. The van der Waals surface area contributed by atoms with Crippen LogP contribution in [0.25, 0.3) is 16.6 Å². The number of pyridine rings is 1. The highest BCUT2D eigenvalue weighted by atomic mass is 16.1. The van der Waals surface area contributed by atoms with Crippen molar-refractivity contribution in [2.45, 2.75) is 19.9 Å². The van der Waals surface area contributed by atoms with Gasteiger partial charge in [-0.3, -0.25) is 9.36 Å². The minimum atomic E-state index is -0.424. The van der Waals surface area contributed by atoms with Crippen molar-refractivity contribution in [3.05, 3.63) is 112 Å². The molecule has 5 aromatic rings. The molecule has 0 aliphatic heterocycles. The van der Waals surface area contributed by atoms with Crippen molar-refractivity contribution >= 4 is 22.5 Å². The molecular formula is C28H23N7O. The molecule has 8 nitrogen and oxygen atoms in total. The minimum Gasteiger partial charge on any atom is -0.382 e. The van der Waals surface area contributed by atoms with E-state index in [0.717, 1.165) is 11.3 Å². The fourth-order valence-corrected chi connectivity index (χ4v) is 3.99. The van der Waals surface area contributed by atoms with E-state index in [1.54, 1.807) is 10.8 Å². The van der Waals surface area contributed by atoms with Gasteiger partial charge in [0.15, 0.2) is 0 Å². The molecule has 1 unspecified atom stereocenters. The van der Waals surface area contributed by atoms with Gasteiger partial charge in [-0.05, 0) is 55.7 Å². The number of rotatable bonds is 4. The van der Waals surface area contributed by atoms with Gasteiger partial charge in [0, 0.05) is 6.20 Å². The first-order valence-electron chi connectivity index (χ1n) is 11.4. The van der Waals surface area contributed by atoms with E-state index >= 15 is 0 Å². The van der Waals surface area contributed by atoms with E-state index < -0.39 is 6.04 Å². The van der Waals surface area contributed by atoms with Gasteiger partial charge in [0.1, 0.15) is 35.0 Å². The van der Waals surface area contributed by atoms with Crippen molar-refractivity contribution in [3.8, 4) is 17.5 Å². The van der Waals surface area contributed by atoms with E-state index in [0.29, 0.717) is 33.8 Å². The lowest BCUT2D eigenvalue weighted by atomic mass is 10.1. The molecule has 0 spiro atoms. The molecule has 176 valence electrons. The molecule has 0 saturated heterocycles. The lowest BCUT2D eigenvalue weighted by Crippen LogP contribution is -2.28. The number of nitrogens with one attached hydrogen (secondary N) is 1. The summed E-state index contributed by atoms with van der Waals surface area (Å²) in [4.78, 5) is 31.3. The van der Waals surface area contributed by atoms with Gasteiger partial charge in [0.05, 0.1) is 22.6 Å². The zero-order chi connectivity index (χ0) is 25.1. The summed E-state index contributed by atoms with van der Waals surface area (Å²) in [7, 11) is 0. The molecular weight excluding hydrogens is 450 g/mol. The van der Waals surface area contributed by atoms with Gasteiger partial charge >= 0.3 is 0 Å². The van der Waals surface area contributed by atoms with Gasteiger partial charge in [0.2, 0.25) is 0 Å². The monoisotopic (exact) mass is 473 g/mol. The van der Waals surface area contributed by atoms with Crippen molar-refractivity contribution < 1.29 is 0 Å². The second-order valence-corrected chi connectivity index (χ2v) is 8.23. The molecule has 3 aromatic heterocycles. The van der Waals surface area contributed by atoms with Crippen molar-refractivity contribution in [1.82, 2.24) is 24.5 Å². The van der Waals surface area contributed by atoms with E-state index in [1.165, 1.54) is 6.33 Å². The van der Waals surface area contributed by atoms with Crippen LogP contribution in [0.5, 0.6) is 0 Å². The summed E-state index contributed by atoms with van der Waals surface area (Å²) in [5.74, 6) is 7.25. The summed E-state index contributed by atoms with van der Waals surface area (Å²) in [5, 5.41) is 3.93. The molecule has 2 aromatic carbocycles. The van der Waals surface area contributed by atoms with E-state index in [2.05, 4.69) is 32.1 Å². The fraction of sp³-hybridized carbons (Fsp3) is 0.107. The average molecular weight is 474 g/mol. The van der Waals surface area contributed by atoms with Crippen LogP contribution in [0.1, 0.15) is 35.6 Å². The van der Waals surface area contributed by atoms with Crippen LogP contribution >= 0.6 is 0 Å². The Morgan fingerprint density at radius 1 is 0.944 bits per heavy atom. The topological polar surface area (TPSA) is 112 Å². The molecule has 0 fully saturated rings. The predicted molar refractivity (Wildman–Crippen MR) is 141 cm³/mol. The normalized spacial score (nSPS) is 11.5. The first-order valence-corrected chi connectivity index (χ1v) is 11.4. The maximum atomic E-state index is 13.7. The summed E-state index contributed by atoms with van der Waals surface area (Å²) < 4.78 is 1.64. The van der Waals surface area contributed by atoms with Crippen LogP contribution < -0.4 is 16.6 Å². The quantitative estimate of drug-likeness (QED) is 0.379. The Labute approximate surface area is 207 Å². The minimum absolute atomic E-state index is 0.134. The van der Waals surface area contributed by atoms with Crippen molar-refractivity contribution in [2.24, 2.45) is 0 Å². The fourth-order valence-electron chi connectivity index (χ4n) is 3.99. The van der Waals surface area contributed by atoms with Crippen LogP contribution in [-0.2, 0) is 0 Å². The maximum absolute atomic E-state index is 13.7. The molecule has 3 N–H and O–H groups in total. The summed E-state index contributed by atoms with van der Waals surface area (Å²) >= 11 is 0. The Morgan fingerprint density at radius 2 is 1.75 bits per heavy atom. The Hall–Kier alpha value is -5.03. The first kappa shape index (κ1) is 22.7. The zero-order valence-electron chi connectivity index (χ0n) is 19.8. The number of anilines is 2. The lowest BCUT2D eigenvalue weighted by molar-refractivity contribution is 0.730. The number of nitrogen functional groups attached to an aromatic ring is 1. The Balaban J connectivity index is 1.62. The highest BCUT2D eigenvalue weighted by Gasteiger charge is 2.20. The number of aromatic nitrogens is 5. The highest BCUT2D eigenvalue weighted by molar-refractivity contribution is 5.81. The number of aryl methyl sites for hydroxylation is 1. The lowest BCUT2D eigenvalue weighted by Gasteiger charge is -2.21. The maximum Gasteiger partial charge on any atom is 0.266 e. The zero-order valence-corrected chi connectivity index (χ0v) is 19.8. The highest BCUT2D eigenvalue weighted by Crippen LogP contribution is 2.24. The van der Waals surface area contributed by atoms with Crippen LogP contribution in [0.4, 0.5) is 11.6 Å². The third-order valence-corrected chi connectivity index (χ3v) is 5.74. The molecule has 0 aliphatic rings. The van der Waals surface area contributed by atoms with E-state index in [1.807, 2.05) is 80.6 Å². The number of nitrogens with zero attached hydrogens (tertiary/aromatic N) is 5. The Kier molecular flexibility index (Phi) is 6.12. The number of hydrogen-bond acceptors (Lipinski definition) is 7. The number of para-hydroxylation sites is 1. The van der Waals surface area contributed by atoms with Gasteiger partial charge in [-0.1, -0.05) is 42.3 Å². The number of fused-ring (bicyclic) bond motifs is 1. The Morgan fingerprint density at radius 3 is 2.53 bits per heavy atom. The standard InChI is InChI=1S/C28H23N7O/c1-18-9-8-13-23-24(18)28(36)35(21-11-4-3-5-12-21)27(34-23)19(2)33-26-22(25(29)31-17-32-26)15-14-20-10-6-7-16-30-20/h3-13,16-17,19H,1-2H3,(H3,29,31,32,33). The summed E-state index contributed by atoms with van der Waals surface area (Å²) in [6.45, 7) is 3.83. The molecule has 0 saturated carbocycles. The van der Waals surface area contributed by atoms with E-state index in [9.17, 15) is 4.79 Å². The Bertz CT molecular complexity index is 1670. The van der Waals surface area contributed by atoms with Crippen LogP contribution in [0.15, 0.2) is 84.0 Å². The summed E-state index contributed by atoms with van der Waals surface area (Å²) in [5.41, 5.74) is 9.29. The molecule has 0 amide bonds. The van der Waals surface area contributed by atoms with Gasteiger partial charge in [-0.25, -0.2) is 19.9 Å². The largest absolute Gasteiger partial charge is 0.382 e. The molecule has 0 radical (unpaired) electrons. The second kappa shape index (κ2) is 9.68. The van der Waals surface area contributed by atoms with Crippen LogP contribution in [0.2, 0.25) is 0 Å².